The first kappa shape index (κ1) is 38.8. The van der Waals surface area contributed by atoms with Crippen LogP contribution in [0.15, 0.2) is 48.5 Å². The van der Waals surface area contributed by atoms with E-state index in [9.17, 15) is 4.79 Å². The van der Waals surface area contributed by atoms with Gasteiger partial charge in [-0.25, -0.2) is 4.79 Å². The quantitative estimate of drug-likeness (QED) is 0.0933. The van der Waals surface area contributed by atoms with Gasteiger partial charge in [0.15, 0.2) is 0 Å². The molecule has 4 aromatic carbocycles. The normalized spacial score (nSPS) is 11.7. The second-order valence-electron chi connectivity index (χ2n) is 15.1. The summed E-state index contributed by atoms with van der Waals surface area (Å²) in [5.41, 5.74) is 11.3. The van der Waals surface area contributed by atoms with Crippen molar-refractivity contribution in [3.8, 4) is 34.1 Å². The van der Waals surface area contributed by atoms with Crippen LogP contribution in [-0.2, 0) is 4.74 Å². The number of hydrogen-bond donors (Lipinski definition) is 0. The van der Waals surface area contributed by atoms with Crippen LogP contribution >= 0.6 is 8.60 Å². The molecule has 0 bridgehead atoms. The van der Waals surface area contributed by atoms with Crippen molar-refractivity contribution in [3.63, 3.8) is 0 Å². The molecule has 0 radical (unpaired) electrons. The Morgan fingerprint density at radius 3 is 1.40 bits per heavy atom. The first-order valence-corrected chi connectivity index (χ1v) is 18.5. The van der Waals surface area contributed by atoms with Crippen molar-refractivity contribution < 1.29 is 27.8 Å². The van der Waals surface area contributed by atoms with E-state index in [4.69, 9.17) is 23.0 Å². The van der Waals surface area contributed by atoms with Crippen molar-refractivity contribution in [1.29, 1.82) is 0 Å². The van der Waals surface area contributed by atoms with Gasteiger partial charge in [-0.1, -0.05) is 75.2 Å². The van der Waals surface area contributed by atoms with E-state index in [-0.39, 0.29) is 11.8 Å². The monoisotopic (exact) mass is 698 g/mol. The van der Waals surface area contributed by atoms with Crippen molar-refractivity contribution in [2.24, 2.45) is 0 Å². The first-order valence-electron chi connectivity index (χ1n) is 17.4. The third-order valence-corrected chi connectivity index (χ3v) is 9.92. The van der Waals surface area contributed by atoms with E-state index in [1.807, 2.05) is 58.9 Å². The number of aryl methyl sites for hydroxylation is 6. The minimum Gasteiger partial charge on any atom is -0.428 e. The van der Waals surface area contributed by atoms with Crippen LogP contribution in [0.25, 0.3) is 11.1 Å². The summed E-state index contributed by atoms with van der Waals surface area (Å²) < 4.78 is 32.4. The maximum atomic E-state index is 13.4. The van der Waals surface area contributed by atoms with Crippen molar-refractivity contribution in [2.45, 2.75) is 121 Å². The lowest BCUT2D eigenvalue weighted by atomic mass is 9.84. The minimum atomic E-state index is -2.03. The highest BCUT2D eigenvalue weighted by Crippen LogP contribution is 2.53. The zero-order valence-corrected chi connectivity index (χ0v) is 33.6. The fourth-order valence-corrected chi connectivity index (χ4v) is 7.14. The van der Waals surface area contributed by atoms with Crippen molar-refractivity contribution in [1.82, 2.24) is 0 Å². The van der Waals surface area contributed by atoms with Crippen LogP contribution < -0.4 is 18.3 Å². The highest BCUT2D eigenvalue weighted by molar-refractivity contribution is 7.43. The van der Waals surface area contributed by atoms with Gasteiger partial charge in [0, 0.05) is 11.1 Å². The fourth-order valence-electron chi connectivity index (χ4n) is 5.95. The molecular formula is C43H55O6P. The molecule has 0 saturated carbocycles. The average Bonchev–Trinajstić information content (AvgIpc) is 2.99. The van der Waals surface area contributed by atoms with Gasteiger partial charge in [-0.15, -0.1) is 0 Å². The van der Waals surface area contributed by atoms with Crippen molar-refractivity contribution in [2.75, 3.05) is 0 Å². The maximum Gasteiger partial charge on any atom is 0.530 e. The number of hydrogen-bond acceptors (Lipinski definition) is 6. The van der Waals surface area contributed by atoms with E-state index in [0.717, 1.165) is 66.8 Å². The number of ether oxygens (including phenoxy) is 2. The molecule has 0 unspecified atom stereocenters. The van der Waals surface area contributed by atoms with Crippen LogP contribution in [0.1, 0.15) is 116 Å². The van der Waals surface area contributed by atoms with E-state index in [1.165, 1.54) is 0 Å². The van der Waals surface area contributed by atoms with Gasteiger partial charge in [0.1, 0.15) is 28.6 Å². The van der Waals surface area contributed by atoms with Gasteiger partial charge in [0.25, 0.3) is 0 Å². The van der Waals surface area contributed by atoms with Crippen LogP contribution in [0.4, 0.5) is 4.79 Å². The predicted octanol–water partition coefficient (Wildman–Crippen LogP) is 13.1. The van der Waals surface area contributed by atoms with E-state index in [1.54, 1.807) is 0 Å². The molecule has 0 heterocycles. The molecule has 50 heavy (non-hydrogen) atoms. The third kappa shape index (κ3) is 9.01. The van der Waals surface area contributed by atoms with Crippen molar-refractivity contribution in [3.05, 3.63) is 104 Å². The molecular weight excluding hydrogens is 643 g/mol. The maximum absolute atomic E-state index is 13.4. The summed E-state index contributed by atoms with van der Waals surface area (Å²) in [6, 6.07) is 16.4. The summed E-state index contributed by atoms with van der Waals surface area (Å²) in [5, 5.41) is 0. The molecule has 0 aliphatic heterocycles. The van der Waals surface area contributed by atoms with Gasteiger partial charge in [0.2, 0.25) is 0 Å². The zero-order valence-electron chi connectivity index (χ0n) is 32.7. The van der Waals surface area contributed by atoms with Crippen LogP contribution in [0.3, 0.4) is 0 Å². The predicted molar refractivity (Wildman–Crippen MR) is 207 cm³/mol. The molecule has 6 nitrogen and oxygen atoms in total. The molecule has 0 spiro atoms. The molecule has 4 rings (SSSR count). The van der Waals surface area contributed by atoms with Crippen LogP contribution in [0.5, 0.6) is 23.0 Å². The summed E-state index contributed by atoms with van der Waals surface area (Å²) in [4.78, 5) is 13.4. The van der Waals surface area contributed by atoms with Gasteiger partial charge in [-0.2, -0.15) is 0 Å². The summed E-state index contributed by atoms with van der Waals surface area (Å²) in [6.07, 6.45) is -0.751. The van der Waals surface area contributed by atoms with Gasteiger partial charge in [-0.05, 0) is 145 Å². The molecule has 0 N–H and O–H groups in total. The van der Waals surface area contributed by atoms with Crippen molar-refractivity contribution >= 4 is 14.8 Å². The Morgan fingerprint density at radius 2 is 1.00 bits per heavy atom. The lowest BCUT2D eigenvalue weighted by molar-refractivity contribution is 0.0205. The van der Waals surface area contributed by atoms with E-state index < -0.39 is 20.4 Å². The molecule has 0 saturated heterocycles. The number of carbonyl (C=O) groups excluding carboxylic acids is 1. The lowest BCUT2D eigenvalue weighted by Gasteiger charge is -2.28. The Morgan fingerprint density at radius 1 is 0.580 bits per heavy atom. The Kier molecular flexibility index (Phi) is 12.0. The Balaban J connectivity index is 2.03. The number of carbonyl (C=O) groups is 1. The summed E-state index contributed by atoms with van der Waals surface area (Å²) in [5.74, 6) is 2.63. The SMILES string of the molecule is Cc1ccc(OP(Oc2ccc(C)cc2C)Oc2c(C(C)C)cc(C)c(C)c2-c2c(C)c(C)cc(C(C)C)c2OC(=O)OC(C)(C)C)c(C)c1. The Hall–Kier alpha value is -4.02. The molecule has 0 aliphatic rings. The topological polar surface area (TPSA) is 63.2 Å². The second kappa shape index (κ2) is 15.5. The van der Waals surface area contributed by atoms with Crippen LogP contribution in [0.2, 0.25) is 0 Å². The summed E-state index contributed by atoms with van der Waals surface area (Å²) in [7, 11) is -2.03. The molecule has 0 amide bonds. The molecule has 0 aromatic heterocycles. The number of rotatable bonds is 10. The lowest BCUT2D eigenvalue weighted by Crippen LogP contribution is -2.26. The van der Waals surface area contributed by atoms with Gasteiger partial charge in [0.05, 0.1) is 0 Å². The second-order valence-corrected chi connectivity index (χ2v) is 16.1. The Bertz CT molecular complexity index is 1830. The summed E-state index contributed by atoms with van der Waals surface area (Å²) >= 11 is 0. The van der Waals surface area contributed by atoms with Crippen LogP contribution in [-0.4, -0.2) is 11.8 Å². The summed E-state index contributed by atoms with van der Waals surface area (Å²) in [6.45, 7) is 30.5. The molecule has 0 fully saturated rings. The highest BCUT2D eigenvalue weighted by Gasteiger charge is 2.32. The first-order chi connectivity index (χ1) is 23.3. The van der Waals surface area contributed by atoms with E-state index in [2.05, 4.69) is 93.5 Å². The fraction of sp³-hybridized carbons (Fsp3) is 0.419. The molecule has 0 aliphatic carbocycles. The third-order valence-electron chi connectivity index (χ3n) is 8.90. The average molecular weight is 699 g/mol. The Labute approximate surface area is 301 Å². The van der Waals surface area contributed by atoms with Crippen LogP contribution in [0, 0.1) is 55.4 Å². The molecule has 4 aromatic rings. The highest BCUT2D eigenvalue weighted by atomic mass is 31.2. The largest absolute Gasteiger partial charge is 0.530 e. The zero-order chi connectivity index (χ0) is 37.2. The van der Waals surface area contributed by atoms with Gasteiger partial charge >= 0.3 is 14.8 Å². The standard InChI is InChI=1S/C43H55O6P/c1-24(2)34-22-28(7)32(11)38(40(34)45-42(44)46-43(13,14)15)39-33(12)29(8)23-35(25(3)4)41(39)49-50(47-36-18-16-26(5)20-30(36)9)48-37-19-17-27(6)21-31(37)10/h16-25H,1-15H3. The smallest absolute Gasteiger partial charge is 0.428 e. The molecule has 268 valence electrons. The minimum absolute atomic E-state index is 0.0577. The molecule has 7 heteroatoms. The van der Waals surface area contributed by atoms with E-state index >= 15 is 0 Å². The van der Waals surface area contributed by atoms with Gasteiger partial charge in [-0.3, -0.25) is 0 Å². The van der Waals surface area contributed by atoms with Gasteiger partial charge < -0.3 is 23.0 Å². The van der Waals surface area contributed by atoms with E-state index in [0.29, 0.717) is 23.0 Å². The number of benzene rings is 4. The molecule has 0 atom stereocenters.